The van der Waals surface area contributed by atoms with Crippen molar-refractivity contribution in [2.24, 2.45) is 16.7 Å². The number of nitrogens with zero attached hydrogens (tertiary/aromatic N) is 1. The number of para-hydroxylation sites is 1. The standard InChI is InChI=1S/C20H25NOS/c1-5-21-12-16(13-8-6-7-9-15(13)21)23-17-14-10-11-20(4,18(17)22)19(14,2)3/h6-9,12,14,17H,5,10-11H2,1-4H3. The number of benzene rings is 1. The van der Waals surface area contributed by atoms with Gasteiger partial charge in [0.25, 0.3) is 0 Å². The molecule has 0 amide bonds. The maximum absolute atomic E-state index is 13.1. The molecule has 2 bridgehead atoms. The van der Waals surface area contributed by atoms with Crippen molar-refractivity contribution in [2.75, 3.05) is 0 Å². The average molecular weight is 327 g/mol. The minimum Gasteiger partial charge on any atom is -0.347 e. The van der Waals surface area contributed by atoms with Crippen LogP contribution in [0.2, 0.25) is 0 Å². The highest BCUT2D eigenvalue weighted by atomic mass is 32.2. The minimum absolute atomic E-state index is 0.125. The second-order valence-electron chi connectivity index (χ2n) is 7.90. The Morgan fingerprint density at radius 1 is 1.26 bits per heavy atom. The van der Waals surface area contributed by atoms with E-state index in [1.807, 2.05) is 11.8 Å². The molecule has 23 heavy (non-hydrogen) atoms. The summed E-state index contributed by atoms with van der Waals surface area (Å²) >= 11 is 1.82. The number of ketones is 1. The quantitative estimate of drug-likeness (QED) is 0.778. The van der Waals surface area contributed by atoms with Gasteiger partial charge in [0.1, 0.15) is 0 Å². The molecule has 3 heteroatoms. The van der Waals surface area contributed by atoms with Crippen LogP contribution < -0.4 is 0 Å². The smallest absolute Gasteiger partial charge is 0.152 e. The fourth-order valence-corrected chi connectivity index (χ4v) is 6.61. The molecule has 0 N–H and O–H groups in total. The molecular formula is C20H25NOS. The van der Waals surface area contributed by atoms with Crippen LogP contribution in [-0.4, -0.2) is 15.6 Å². The van der Waals surface area contributed by atoms with Crippen LogP contribution in [0.5, 0.6) is 0 Å². The monoisotopic (exact) mass is 327 g/mol. The predicted molar refractivity (Wildman–Crippen MR) is 96.9 cm³/mol. The van der Waals surface area contributed by atoms with Crippen molar-refractivity contribution < 1.29 is 4.79 Å². The third-order valence-corrected chi connectivity index (χ3v) is 8.19. The fraction of sp³-hybridized carbons (Fsp3) is 0.550. The lowest BCUT2D eigenvalue weighted by molar-refractivity contribution is -0.127. The molecule has 0 aliphatic heterocycles. The maximum Gasteiger partial charge on any atom is 0.152 e. The molecule has 0 spiro atoms. The SMILES string of the molecule is CCn1cc(SC2C(=O)C3(C)CCC2C3(C)C)c2ccccc21. The first-order valence-corrected chi connectivity index (χ1v) is 9.57. The molecule has 3 unspecified atom stereocenters. The van der Waals surface area contributed by atoms with Crippen molar-refractivity contribution in [1.82, 2.24) is 4.57 Å². The zero-order valence-corrected chi connectivity index (χ0v) is 15.2. The molecule has 0 saturated heterocycles. The van der Waals surface area contributed by atoms with E-state index in [9.17, 15) is 4.79 Å². The van der Waals surface area contributed by atoms with Crippen molar-refractivity contribution >= 4 is 28.4 Å². The largest absolute Gasteiger partial charge is 0.347 e. The summed E-state index contributed by atoms with van der Waals surface area (Å²) in [5.41, 5.74) is 1.28. The van der Waals surface area contributed by atoms with Crippen LogP contribution in [0.4, 0.5) is 0 Å². The minimum atomic E-state index is -0.127. The maximum atomic E-state index is 13.1. The summed E-state index contributed by atoms with van der Waals surface area (Å²) in [5.74, 6) is 0.991. The summed E-state index contributed by atoms with van der Waals surface area (Å²) in [7, 11) is 0. The van der Waals surface area contributed by atoms with Crippen LogP contribution >= 0.6 is 11.8 Å². The average Bonchev–Trinajstić information content (AvgIpc) is 3.05. The number of rotatable bonds is 3. The third kappa shape index (κ3) is 1.86. The van der Waals surface area contributed by atoms with E-state index in [4.69, 9.17) is 0 Å². The number of aryl methyl sites for hydroxylation is 1. The Hall–Kier alpha value is -1.22. The van der Waals surface area contributed by atoms with Crippen molar-refractivity contribution in [3.8, 4) is 0 Å². The highest BCUT2D eigenvalue weighted by Gasteiger charge is 2.66. The van der Waals surface area contributed by atoms with Gasteiger partial charge in [0.05, 0.1) is 5.25 Å². The number of carbonyl (C=O) groups excluding carboxylic acids is 1. The van der Waals surface area contributed by atoms with Crippen LogP contribution in [0.1, 0.15) is 40.5 Å². The first-order valence-electron chi connectivity index (χ1n) is 8.69. The topological polar surface area (TPSA) is 22.0 Å². The Morgan fingerprint density at radius 2 is 2.00 bits per heavy atom. The van der Waals surface area contributed by atoms with E-state index in [1.54, 1.807) is 0 Å². The lowest BCUT2D eigenvalue weighted by atomic mass is 9.70. The molecule has 3 atom stereocenters. The third-order valence-electron chi connectivity index (χ3n) is 6.82. The highest BCUT2D eigenvalue weighted by molar-refractivity contribution is 8.01. The van der Waals surface area contributed by atoms with Crippen LogP contribution in [0.15, 0.2) is 35.4 Å². The Labute approximate surface area is 142 Å². The summed E-state index contributed by atoms with van der Waals surface area (Å²) in [6.07, 6.45) is 4.50. The second kappa shape index (κ2) is 4.89. The number of hydrogen-bond donors (Lipinski definition) is 0. The zero-order chi connectivity index (χ0) is 16.4. The predicted octanol–water partition coefficient (Wildman–Crippen LogP) is 5.15. The molecule has 2 fully saturated rings. The van der Waals surface area contributed by atoms with Crippen LogP contribution in [0, 0.1) is 16.7 Å². The van der Waals surface area contributed by atoms with Gasteiger partial charge in [-0.15, -0.1) is 11.8 Å². The molecule has 1 aromatic carbocycles. The van der Waals surface area contributed by atoms with E-state index in [1.165, 1.54) is 22.2 Å². The number of Topliss-reactive ketones (excluding diaryl/α,β-unsaturated/α-hetero) is 1. The zero-order valence-electron chi connectivity index (χ0n) is 14.4. The van der Waals surface area contributed by atoms with Gasteiger partial charge < -0.3 is 4.57 Å². The van der Waals surface area contributed by atoms with Crippen molar-refractivity contribution in [2.45, 2.75) is 57.2 Å². The first-order chi connectivity index (χ1) is 10.9. The summed E-state index contributed by atoms with van der Waals surface area (Å²) in [5, 5.41) is 1.41. The van der Waals surface area contributed by atoms with Gasteiger partial charge in [-0.05, 0) is 37.2 Å². The number of carbonyl (C=O) groups is 1. The Bertz CT molecular complexity index is 790. The lowest BCUT2D eigenvalue weighted by Gasteiger charge is -2.32. The normalized spacial score (nSPS) is 32.1. The fourth-order valence-electron chi connectivity index (χ4n) is 4.84. The molecule has 2 nitrogen and oxygen atoms in total. The number of fused-ring (bicyclic) bond motifs is 3. The van der Waals surface area contributed by atoms with Gasteiger partial charge in [-0.2, -0.15) is 0 Å². The molecule has 2 aliphatic carbocycles. The molecule has 1 heterocycles. The highest BCUT2D eigenvalue weighted by Crippen LogP contribution is 2.66. The van der Waals surface area contributed by atoms with Crippen LogP contribution in [0.25, 0.3) is 10.9 Å². The summed E-state index contributed by atoms with van der Waals surface area (Å²) in [4.78, 5) is 14.4. The molecule has 1 aromatic heterocycles. The van der Waals surface area contributed by atoms with E-state index >= 15 is 0 Å². The van der Waals surface area contributed by atoms with Gasteiger partial charge in [0, 0.05) is 34.0 Å². The van der Waals surface area contributed by atoms with E-state index < -0.39 is 0 Å². The van der Waals surface area contributed by atoms with Gasteiger partial charge >= 0.3 is 0 Å². The molecule has 122 valence electrons. The van der Waals surface area contributed by atoms with Crippen LogP contribution in [0.3, 0.4) is 0 Å². The summed E-state index contributed by atoms with van der Waals surface area (Å²) in [6.45, 7) is 9.95. The van der Waals surface area contributed by atoms with Crippen molar-refractivity contribution in [1.29, 1.82) is 0 Å². The van der Waals surface area contributed by atoms with Gasteiger partial charge in [-0.25, -0.2) is 0 Å². The first kappa shape index (κ1) is 15.3. The van der Waals surface area contributed by atoms with Gasteiger partial charge in [-0.1, -0.05) is 39.0 Å². The summed E-state index contributed by atoms with van der Waals surface area (Å²) < 4.78 is 2.29. The van der Waals surface area contributed by atoms with Crippen molar-refractivity contribution in [3.05, 3.63) is 30.5 Å². The van der Waals surface area contributed by atoms with E-state index in [0.29, 0.717) is 11.7 Å². The molecule has 2 aromatic rings. The van der Waals surface area contributed by atoms with Crippen LogP contribution in [-0.2, 0) is 11.3 Å². The number of thioether (sulfide) groups is 1. The molecule has 4 rings (SSSR count). The van der Waals surface area contributed by atoms with Gasteiger partial charge in [-0.3, -0.25) is 4.79 Å². The Kier molecular flexibility index (Phi) is 3.26. The number of aromatic nitrogens is 1. The van der Waals surface area contributed by atoms with Crippen molar-refractivity contribution in [3.63, 3.8) is 0 Å². The lowest BCUT2D eigenvalue weighted by Crippen LogP contribution is -2.34. The summed E-state index contributed by atoms with van der Waals surface area (Å²) in [6, 6.07) is 8.56. The van der Waals surface area contributed by atoms with Gasteiger partial charge in [0.2, 0.25) is 0 Å². The molecule has 2 saturated carbocycles. The Balaban J connectivity index is 1.74. The Morgan fingerprint density at radius 3 is 2.65 bits per heavy atom. The van der Waals surface area contributed by atoms with E-state index in [2.05, 4.69) is 62.7 Å². The van der Waals surface area contributed by atoms with E-state index in [-0.39, 0.29) is 16.1 Å². The molecule has 0 radical (unpaired) electrons. The van der Waals surface area contributed by atoms with E-state index in [0.717, 1.165) is 13.0 Å². The second-order valence-corrected chi connectivity index (χ2v) is 9.08. The van der Waals surface area contributed by atoms with Gasteiger partial charge in [0.15, 0.2) is 5.78 Å². The molecule has 2 aliphatic rings. The number of hydrogen-bond acceptors (Lipinski definition) is 2. The molecular weight excluding hydrogens is 302 g/mol.